The van der Waals surface area contributed by atoms with E-state index in [0.29, 0.717) is 0 Å². The SMILES string of the molecule is CON1OCOC1(C)Cc1ccccc1. The molecule has 1 saturated heterocycles. The van der Waals surface area contributed by atoms with E-state index >= 15 is 0 Å². The summed E-state index contributed by atoms with van der Waals surface area (Å²) in [6.07, 6.45) is 0.724. The number of ether oxygens (including phenoxy) is 1. The van der Waals surface area contributed by atoms with Crippen LogP contribution in [0.4, 0.5) is 0 Å². The normalized spacial score (nSPS) is 27.1. The van der Waals surface area contributed by atoms with Crippen LogP contribution in [0, 0.1) is 0 Å². The zero-order chi connectivity index (χ0) is 10.7. The molecule has 0 radical (unpaired) electrons. The van der Waals surface area contributed by atoms with Crippen LogP contribution in [-0.4, -0.2) is 24.9 Å². The first-order valence-electron chi connectivity index (χ1n) is 4.90. The van der Waals surface area contributed by atoms with E-state index in [9.17, 15) is 0 Å². The summed E-state index contributed by atoms with van der Waals surface area (Å²) in [4.78, 5) is 10.3. The standard InChI is InChI=1S/C11H15NO3/c1-11(12(13-2)15-9-14-11)8-10-6-4-3-5-7-10/h3-7H,8-9H2,1-2H3. The number of hydrogen-bond acceptors (Lipinski definition) is 4. The summed E-state index contributed by atoms with van der Waals surface area (Å²) in [5, 5.41) is 1.40. The number of benzene rings is 1. The van der Waals surface area contributed by atoms with Crippen molar-refractivity contribution in [3.63, 3.8) is 0 Å². The van der Waals surface area contributed by atoms with Gasteiger partial charge < -0.3 is 4.74 Å². The third-order valence-corrected chi connectivity index (χ3v) is 2.47. The quantitative estimate of drug-likeness (QED) is 0.758. The maximum Gasteiger partial charge on any atom is 0.174 e. The molecule has 0 amide bonds. The van der Waals surface area contributed by atoms with Gasteiger partial charge in [-0.3, -0.25) is 4.84 Å². The second-order valence-corrected chi connectivity index (χ2v) is 3.67. The fourth-order valence-corrected chi connectivity index (χ4v) is 1.73. The molecule has 4 heteroatoms. The summed E-state index contributed by atoms with van der Waals surface area (Å²) in [5.74, 6) is 0. The van der Waals surface area contributed by atoms with Crippen molar-refractivity contribution < 1.29 is 14.4 Å². The number of hydrogen-bond donors (Lipinski definition) is 0. The lowest BCUT2D eigenvalue weighted by atomic mass is 10.0. The molecule has 1 aliphatic heterocycles. The molecule has 1 fully saturated rings. The first-order valence-corrected chi connectivity index (χ1v) is 4.90. The molecule has 0 bridgehead atoms. The van der Waals surface area contributed by atoms with Crippen molar-refractivity contribution in [2.45, 2.75) is 19.1 Å². The van der Waals surface area contributed by atoms with Gasteiger partial charge in [-0.25, -0.2) is 4.84 Å². The highest BCUT2D eigenvalue weighted by atomic mass is 17.0. The topological polar surface area (TPSA) is 30.9 Å². The third kappa shape index (κ3) is 2.18. The van der Waals surface area contributed by atoms with Crippen molar-refractivity contribution in [3.8, 4) is 0 Å². The zero-order valence-corrected chi connectivity index (χ0v) is 8.97. The van der Waals surface area contributed by atoms with E-state index in [1.54, 1.807) is 7.11 Å². The van der Waals surface area contributed by atoms with Crippen molar-refractivity contribution >= 4 is 0 Å². The Kier molecular flexibility index (Phi) is 3.02. The highest BCUT2D eigenvalue weighted by Crippen LogP contribution is 2.27. The van der Waals surface area contributed by atoms with Crippen LogP contribution in [0.5, 0.6) is 0 Å². The summed E-state index contributed by atoms with van der Waals surface area (Å²) >= 11 is 0. The Morgan fingerprint density at radius 2 is 2.13 bits per heavy atom. The molecule has 1 aliphatic rings. The van der Waals surface area contributed by atoms with Gasteiger partial charge in [-0.15, -0.1) is 0 Å². The van der Waals surface area contributed by atoms with Crippen LogP contribution in [-0.2, 0) is 20.8 Å². The minimum atomic E-state index is -0.546. The Balaban J connectivity index is 2.10. The van der Waals surface area contributed by atoms with E-state index in [0.717, 1.165) is 6.42 Å². The molecule has 0 aliphatic carbocycles. The van der Waals surface area contributed by atoms with Crippen LogP contribution in [0.25, 0.3) is 0 Å². The van der Waals surface area contributed by atoms with E-state index in [1.165, 1.54) is 10.8 Å². The monoisotopic (exact) mass is 209 g/mol. The molecule has 1 aromatic rings. The predicted molar refractivity (Wildman–Crippen MR) is 54.4 cm³/mol. The number of rotatable bonds is 3. The molecule has 0 aromatic heterocycles. The molecular weight excluding hydrogens is 194 g/mol. The Morgan fingerprint density at radius 3 is 2.80 bits per heavy atom. The summed E-state index contributed by atoms with van der Waals surface area (Å²) in [6, 6.07) is 10.1. The number of nitrogens with zero attached hydrogens (tertiary/aromatic N) is 1. The van der Waals surface area contributed by atoms with Crippen molar-refractivity contribution in [2.75, 3.05) is 13.9 Å². The summed E-state index contributed by atoms with van der Waals surface area (Å²) in [6.45, 7) is 2.17. The molecule has 0 saturated carbocycles. The van der Waals surface area contributed by atoms with Gasteiger partial charge in [-0.05, 0) is 17.7 Å². The molecule has 0 spiro atoms. The molecule has 1 atom stereocenters. The van der Waals surface area contributed by atoms with Crippen LogP contribution in [0.1, 0.15) is 12.5 Å². The lowest BCUT2D eigenvalue weighted by molar-refractivity contribution is -0.372. The minimum Gasteiger partial charge on any atom is -0.328 e. The van der Waals surface area contributed by atoms with Gasteiger partial charge in [0.1, 0.15) is 0 Å². The van der Waals surface area contributed by atoms with Crippen LogP contribution < -0.4 is 0 Å². The van der Waals surface area contributed by atoms with E-state index in [1.807, 2.05) is 25.1 Å². The molecule has 4 nitrogen and oxygen atoms in total. The molecular formula is C11H15NO3. The van der Waals surface area contributed by atoms with Gasteiger partial charge in [0.15, 0.2) is 12.5 Å². The van der Waals surface area contributed by atoms with Crippen LogP contribution in [0.2, 0.25) is 0 Å². The highest BCUT2D eigenvalue weighted by molar-refractivity contribution is 5.16. The maximum atomic E-state index is 5.53. The molecule has 82 valence electrons. The summed E-state index contributed by atoms with van der Waals surface area (Å²) < 4.78 is 5.53. The van der Waals surface area contributed by atoms with Crippen molar-refractivity contribution in [1.29, 1.82) is 0 Å². The molecule has 0 N–H and O–H groups in total. The van der Waals surface area contributed by atoms with E-state index < -0.39 is 5.72 Å². The Bertz CT molecular complexity index is 317. The second-order valence-electron chi connectivity index (χ2n) is 3.67. The molecule has 15 heavy (non-hydrogen) atoms. The predicted octanol–water partition coefficient (Wildman–Crippen LogP) is 1.73. The van der Waals surface area contributed by atoms with Crippen molar-refractivity contribution in [3.05, 3.63) is 35.9 Å². The Labute approximate surface area is 89.3 Å². The van der Waals surface area contributed by atoms with E-state index in [-0.39, 0.29) is 6.79 Å². The lowest BCUT2D eigenvalue weighted by Gasteiger charge is -2.28. The first-order chi connectivity index (χ1) is 7.24. The summed E-state index contributed by atoms with van der Waals surface area (Å²) in [7, 11) is 1.57. The fraction of sp³-hybridized carbons (Fsp3) is 0.455. The Hall–Kier alpha value is -0.940. The summed E-state index contributed by atoms with van der Waals surface area (Å²) in [5.41, 5.74) is 0.642. The fourth-order valence-electron chi connectivity index (χ4n) is 1.73. The highest BCUT2D eigenvalue weighted by Gasteiger charge is 2.40. The second kappa shape index (κ2) is 4.28. The largest absolute Gasteiger partial charge is 0.328 e. The molecule has 1 aromatic carbocycles. The van der Waals surface area contributed by atoms with Gasteiger partial charge in [-0.1, -0.05) is 30.3 Å². The van der Waals surface area contributed by atoms with Crippen LogP contribution >= 0.6 is 0 Å². The van der Waals surface area contributed by atoms with Gasteiger partial charge in [0.05, 0.1) is 7.11 Å². The number of hydroxylamine groups is 2. The first kappa shape index (κ1) is 10.6. The smallest absolute Gasteiger partial charge is 0.174 e. The van der Waals surface area contributed by atoms with E-state index in [2.05, 4.69) is 12.1 Å². The van der Waals surface area contributed by atoms with Crippen molar-refractivity contribution in [2.24, 2.45) is 0 Å². The van der Waals surface area contributed by atoms with Gasteiger partial charge >= 0.3 is 0 Å². The molecule has 1 heterocycles. The third-order valence-electron chi connectivity index (χ3n) is 2.47. The van der Waals surface area contributed by atoms with Crippen LogP contribution in [0.15, 0.2) is 30.3 Å². The van der Waals surface area contributed by atoms with Gasteiger partial charge in [-0.2, -0.15) is 0 Å². The average Bonchev–Trinajstić information content (AvgIpc) is 2.60. The average molecular weight is 209 g/mol. The van der Waals surface area contributed by atoms with E-state index in [4.69, 9.17) is 14.4 Å². The minimum absolute atomic E-state index is 0.233. The van der Waals surface area contributed by atoms with Gasteiger partial charge in [0.2, 0.25) is 0 Å². The maximum absolute atomic E-state index is 5.53. The molecule has 2 rings (SSSR count). The molecule has 1 unspecified atom stereocenters. The lowest BCUT2D eigenvalue weighted by Crippen LogP contribution is -2.42. The van der Waals surface area contributed by atoms with Crippen molar-refractivity contribution in [1.82, 2.24) is 5.23 Å². The Morgan fingerprint density at radius 1 is 1.40 bits per heavy atom. The van der Waals surface area contributed by atoms with Gasteiger partial charge in [0.25, 0.3) is 0 Å². The van der Waals surface area contributed by atoms with Gasteiger partial charge in [0, 0.05) is 6.42 Å². The van der Waals surface area contributed by atoms with Crippen LogP contribution in [0.3, 0.4) is 0 Å². The zero-order valence-electron chi connectivity index (χ0n) is 8.97.